The molecule has 1 aliphatic heterocycles. The van der Waals surface area contributed by atoms with Crippen LogP contribution in [0.1, 0.15) is 37.5 Å². The van der Waals surface area contributed by atoms with E-state index >= 15 is 0 Å². The zero-order valence-corrected chi connectivity index (χ0v) is 26.0. The van der Waals surface area contributed by atoms with Crippen molar-refractivity contribution in [1.29, 1.82) is 0 Å². The fourth-order valence-electron chi connectivity index (χ4n) is 5.03. The molecule has 43 heavy (non-hydrogen) atoms. The minimum Gasteiger partial charge on any atom is -0.374 e. The second kappa shape index (κ2) is 15.7. The molecule has 1 aliphatic rings. The lowest BCUT2D eigenvalue weighted by atomic mass is 9.99. The number of rotatable bonds is 13. The molecular weight excluding hydrogens is 556 g/mol. The molecule has 4 aromatic carbocycles. The van der Waals surface area contributed by atoms with Gasteiger partial charge in [0.1, 0.15) is 18.3 Å². The third kappa shape index (κ3) is 9.77. The summed E-state index contributed by atoms with van der Waals surface area (Å²) < 4.78 is 33.2. The van der Waals surface area contributed by atoms with Crippen LogP contribution in [0.15, 0.2) is 126 Å². The second-order valence-corrected chi connectivity index (χ2v) is 12.9. The van der Waals surface area contributed by atoms with Crippen LogP contribution in [0.4, 0.5) is 0 Å². The zero-order chi connectivity index (χ0) is 29.9. The molecule has 0 aliphatic carbocycles. The number of hydrogen-bond donors (Lipinski definition) is 0. The van der Waals surface area contributed by atoms with E-state index in [0.29, 0.717) is 26.4 Å². The lowest BCUT2D eigenvalue weighted by Crippen LogP contribution is -2.60. The van der Waals surface area contributed by atoms with E-state index in [-0.39, 0.29) is 11.4 Å². The molecule has 0 amide bonds. The van der Waals surface area contributed by atoms with Gasteiger partial charge >= 0.3 is 0 Å². The number of thioether (sulfide) groups is 1. The highest BCUT2D eigenvalue weighted by Crippen LogP contribution is 2.40. The van der Waals surface area contributed by atoms with Gasteiger partial charge in [0.05, 0.1) is 37.3 Å². The Morgan fingerprint density at radius 2 is 1.07 bits per heavy atom. The standard InChI is InChI=1S/C37H42O5S/c1-37(2,3)42-36-35(43-31-22-14-7-15-23-31)34(40-26-30-20-12-6-13-21-30)33(39-25-29-18-10-5-11-19-29)32(41-36)27-38-24-28-16-8-4-9-17-28/h4-23,32-36H,24-27H2,1-3H3/t32-,33-,34+,35+,36-/m1/s1. The van der Waals surface area contributed by atoms with Crippen molar-refractivity contribution in [1.82, 2.24) is 0 Å². The van der Waals surface area contributed by atoms with Crippen LogP contribution in [0.2, 0.25) is 0 Å². The van der Waals surface area contributed by atoms with Crippen molar-refractivity contribution >= 4 is 11.8 Å². The van der Waals surface area contributed by atoms with Gasteiger partial charge < -0.3 is 23.7 Å². The van der Waals surface area contributed by atoms with E-state index in [1.807, 2.05) is 60.7 Å². The van der Waals surface area contributed by atoms with Gasteiger partial charge in [-0.15, -0.1) is 11.8 Å². The molecule has 1 fully saturated rings. The summed E-state index contributed by atoms with van der Waals surface area (Å²) in [5.74, 6) is 0. The van der Waals surface area contributed by atoms with Crippen molar-refractivity contribution < 1.29 is 23.7 Å². The lowest BCUT2D eigenvalue weighted by molar-refractivity contribution is -0.293. The molecule has 1 saturated heterocycles. The normalized spacial score (nSPS) is 22.3. The van der Waals surface area contributed by atoms with Crippen LogP contribution in [0.25, 0.3) is 0 Å². The molecule has 0 aromatic heterocycles. The average Bonchev–Trinajstić information content (AvgIpc) is 3.02. The molecule has 0 radical (unpaired) electrons. The predicted molar refractivity (Wildman–Crippen MR) is 172 cm³/mol. The Morgan fingerprint density at radius 3 is 1.58 bits per heavy atom. The Kier molecular flexibility index (Phi) is 11.5. The Morgan fingerprint density at radius 1 is 0.605 bits per heavy atom. The maximum absolute atomic E-state index is 6.83. The molecule has 5 atom stereocenters. The van der Waals surface area contributed by atoms with E-state index in [0.717, 1.165) is 21.6 Å². The first kappa shape index (κ1) is 31.5. The smallest absolute Gasteiger partial charge is 0.173 e. The third-order valence-corrected chi connectivity index (χ3v) is 8.35. The van der Waals surface area contributed by atoms with E-state index in [9.17, 15) is 0 Å². The molecule has 5 rings (SSSR count). The van der Waals surface area contributed by atoms with Crippen LogP contribution in [-0.2, 0) is 43.5 Å². The van der Waals surface area contributed by atoms with Gasteiger partial charge in [0.15, 0.2) is 6.29 Å². The quantitative estimate of drug-likeness (QED) is 0.155. The minimum absolute atomic E-state index is 0.198. The molecule has 4 aromatic rings. The molecule has 226 valence electrons. The largest absolute Gasteiger partial charge is 0.374 e. The van der Waals surface area contributed by atoms with Gasteiger partial charge in [-0.2, -0.15) is 0 Å². The fourth-order valence-corrected chi connectivity index (χ4v) is 6.26. The number of benzene rings is 4. The predicted octanol–water partition coefficient (Wildman–Crippen LogP) is 8.07. The van der Waals surface area contributed by atoms with Crippen molar-refractivity contribution in [2.75, 3.05) is 6.61 Å². The SMILES string of the molecule is CC(C)(C)O[C@H]1O[C@H](COCc2ccccc2)[C@@H](OCc2ccccc2)[C@H](OCc2ccccc2)[C@@H]1Sc1ccccc1. The van der Waals surface area contributed by atoms with E-state index in [2.05, 4.69) is 81.4 Å². The Balaban J connectivity index is 1.46. The van der Waals surface area contributed by atoms with Gasteiger partial charge in [-0.25, -0.2) is 0 Å². The van der Waals surface area contributed by atoms with Crippen molar-refractivity contribution in [2.24, 2.45) is 0 Å². The highest BCUT2D eigenvalue weighted by Gasteiger charge is 2.49. The monoisotopic (exact) mass is 598 g/mol. The van der Waals surface area contributed by atoms with Crippen molar-refractivity contribution in [3.8, 4) is 0 Å². The van der Waals surface area contributed by atoms with Crippen LogP contribution in [0, 0.1) is 0 Å². The van der Waals surface area contributed by atoms with Gasteiger partial charge in [0.2, 0.25) is 0 Å². The van der Waals surface area contributed by atoms with Gasteiger partial charge in [0, 0.05) is 4.90 Å². The highest BCUT2D eigenvalue weighted by molar-refractivity contribution is 8.00. The lowest BCUT2D eigenvalue weighted by Gasteiger charge is -2.47. The first-order chi connectivity index (χ1) is 20.9. The first-order valence-corrected chi connectivity index (χ1v) is 15.8. The highest BCUT2D eigenvalue weighted by atomic mass is 32.2. The van der Waals surface area contributed by atoms with Crippen LogP contribution >= 0.6 is 11.8 Å². The summed E-state index contributed by atoms with van der Waals surface area (Å²) in [5.41, 5.74) is 2.87. The van der Waals surface area contributed by atoms with Crippen molar-refractivity contribution in [2.45, 2.75) is 80.9 Å². The van der Waals surface area contributed by atoms with Crippen LogP contribution in [0.3, 0.4) is 0 Å². The van der Waals surface area contributed by atoms with Crippen LogP contribution < -0.4 is 0 Å². The molecule has 0 unspecified atom stereocenters. The van der Waals surface area contributed by atoms with Crippen LogP contribution in [0.5, 0.6) is 0 Å². The Hall–Kier alpha value is -2.97. The van der Waals surface area contributed by atoms with Crippen LogP contribution in [-0.4, -0.2) is 42.1 Å². The summed E-state index contributed by atoms with van der Waals surface area (Å²) in [4.78, 5) is 1.12. The van der Waals surface area contributed by atoms with E-state index < -0.39 is 24.1 Å². The van der Waals surface area contributed by atoms with Gasteiger partial charge in [0.25, 0.3) is 0 Å². The maximum atomic E-state index is 6.83. The maximum Gasteiger partial charge on any atom is 0.173 e. The summed E-state index contributed by atoms with van der Waals surface area (Å²) in [6.45, 7) is 7.87. The summed E-state index contributed by atoms with van der Waals surface area (Å²) in [5, 5.41) is -0.198. The molecule has 0 spiro atoms. The summed E-state index contributed by atoms with van der Waals surface area (Å²) in [7, 11) is 0. The summed E-state index contributed by atoms with van der Waals surface area (Å²) in [6, 6.07) is 41.0. The minimum atomic E-state index is -0.548. The fraction of sp³-hybridized carbons (Fsp3) is 0.351. The van der Waals surface area contributed by atoms with Gasteiger partial charge in [-0.05, 0) is 49.6 Å². The third-order valence-electron chi connectivity index (χ3n) is 7.04. The van der Waals surface area contributed by atoms with Crippen molar-refractivity contribution in [3.05, 3.63) is 138 Å². The zero-order valence-electron chi connectivity index (χ0n) is 25.2. The van der Waals surface area contributed by atoms with Gasteiger partial charge in [-0.1, -0.05) is 109 Å². The Bertz CT molecular complexity index is 1330. The summed E-state index contributed by atoms with van der Waals surface area (Å²) in [6.07, 6.45) is -1.71. The topological polar surface area (TPSA) is 46.2 Å². The molecule has 0 bridgehead atoms. The number of hydrogen-bond acceptors (Lipinski definition) is 6. The Labute approximate surface area is 260 Å². The van der Waals surface area contributed by atoms with Gasteiger partial charge in [-0.3, -0.25) is 0 Å². The average molecular weight is 599 g/mol. The van der Waals surface area contributed by atoms with E-state index in [4.69, 9.17) is 23.7 Å². The van der Waals surface area contributed by atoms with E-state index in [1.165, 1.54) is 0 Å². The second-order valence-electron chi connectivity index (χ2n) is 11.7. The molecular formula is C37H42O5S. The molecule has 1 heterocycles. The summed E-state index contributed by atoms with van der Waals surface area (Å²) >= 11 is 1.71. The van der Waals surface area contributed by atoms with Crippen molar-refractivity contribution in [3.63, 3.8) is 0 Å². The van der Waals surface area contributed by atoms with E-state index in [1.54, 1.807) is 11.8 Å². The molecule has 6 heteroatoms. The molecule has 5 nitrogen and oxygen atoms in total. The number of ether oxygens (including phenoxy) is 5. The first-order valence-electron chi connectivity index (χ1n) is 14.9. The molecule has 0 saturated carbocycles. The molecule has 0 N–H and O–H groups in total.